The highest BCUT2D eigenvalue weighted by molar-refractivity contribution is 5.95. The largest absolute Gasteiger partial charge is 0.396 e. The molecular formula is C19H29N3O3. The molecule has 2 rings (SSSR count). The van der Waals surface area contributed by atoms with Crippen molar-refractivity contribution in [3.8, 4) is 0 Å². The first-order valence-electron chi connectivity index (χ1n) is 8.83. The Morgan fingerprint density at radius 1 is 1.36 bits per heavy atom. The molecule has 0 unspecified atom stereocenters. The Bertz CT molecular complexity index is 618. The van der Waals surface area contributed by atoms with E-state index in [9.17, 15) is 14.7 Å². The molecule has 0 radical (unpaired) electrons. The van der Waals surface area contributed by atoms with Crippen molar-refractivity contribution >= 4 is 17.5 Å². The normalized spacial score (nSPS) is 18.0. The minimum absolute atomic E-state index is 0.0312. The van der Waals surface area contributed by atoms with E-state index in [-0.39, 0.29) is 30.9 Å². The zero-order chi connectivity index (χ0) is 18.4. The quantitative estimate of drug-likeness (QED) is 0.816. The zero-order valence-corrected chi connectivity index (χ0v) is 15.4. The Hall–Kier alpha value is -1.92. The number of carbonyl (C=O) groups excluding carboxylic acids is 2. The topological polar surface area (TPSA) is 72.9 Å². The van der Waals surface area contributed by atoms with Crippen LogP contribution in [0.4, 0.5) is 5.69 Å². The second-order valence-corrected chi connectivity index (χ2v) is 7.04. The number of aliphatic hydroxyl groups is 1. The monoisotopic (exact) mass is 347 g/mol. The minimum atomic E-state index is -0.198. The van der Waals surface area contributed by atoms with Crippen LogP contribution in [0.3, 0.4) is 0 Å². The Labute approximate surface area is 149 Å². The van der Waals surface area contributed by atoms with Gasteiger partial charge in [-0.05, 0) is 56.3 Å². The molecule has 0 saturated carbocycles. The number of likely N-dealkylation sites (N-methyl/N-ethyl adjacent to an activating group) is 1. The maximum atomic E-state index is 12.4. The fourth-order valence-electron chi connectivity index (χ4n) is 3.12. The summed E-state index contributed by atoms with van der Waals surface area (Å²) in [6.45, 7) is 6.02. The summed E-state index contributed by atoms with van der Waals surface area (Å²) in [7, 11) is 1.65. The maximum absolute atomic E-state index is 12.4. The van der Waals surface area contributed by atoms with Gasteiger partial charge in [0.2, 0.25) is 11.8 Å². The molecule has 6 nitrogen and oxygen atoms in total. The summed E-state index contributed by atoms with van der Waals surface area (Å²) >= 11 is 0. The van der Waals surface area contributed by atoms with Crippen LogP contribution in [0.1, 0.15) is 24.0 Å². The number of carbonyl (C=O) groups is 2. The molecule has 1 saturated heterocycles. The van der Waals surface area contributed by atoms with Gasteiger partial charge in [-0.1, -0.05) is 12.1 Å². The maximum Gasteiger partial charge on any atom is 0.243 e. The molecule has 138 valence electrons. The molecule has 2 N–H and O–H groups in total. The smallest absolute Gasteiger partial charge is 0.243 e. The predicted molar refractivity (Wildman–Crippen MR) is 98.4 cm³/mol. The van der Waals surface area contributed by atoms with Gasteiger partial charge in [-0.3, -0.25) is 14.5 Å². The molecule has 2 amide bonds. The fraction of sp³-hybridized carbons (Fsp3) is 0.579. The van der Waals surface area contributed by atoms with E-state index in [4.69, 9.17) is 0 Å². The Morgan fingerprint density at radius 2 is 2.12 bits per heavy atom. The average molecular weight is 347 g/mol. The SMILES string of the molecule is Cc1ccc(C)c(NC(=O)CN(C)C(=O)CN2CCC[C@@H](CO)C2)c1. The molecule has 25 heavy (non-hydrogen) atoms. The number of benzene rings is 1. The van der Waals surface area contributed by atoms with Crippen LogP contribution in [0.5, 0.6) is 0 Å². The molecule has 0 aliphatic carbocycles. The number of amides is 2. The number of piperidine rings is 1. The van der Waals surface area contributed by atoms with Crippen molar-refractivity contribution < 1.29 is 14.7 Å². The second kappa shape index (κ2) is 8.97. The number of nitrogens with zero attached hydrogens (tertiary/aromatic N) is 2. The molecule has 1 aromatic rings. The number of hydrogen-bond acceptors (Lipinski definition) is 4. The first-order chi connectivity index (χ1) is 11.9. The molecule has 6 heteroatoms. The van der Waals surface area contributed by atoms with Gasteiger partial charge >= 0.3 is 0 Å². The van der Waals surface area contributed by atoms with E-state index in [1.165, 1.54) is 4.90 Å². The Balaban J connectivity index is 1.83. The third kappa shape index (κ3) is 5.83. The van der Waals surface area contributed by atoms with E-state index in [1.807, 2.05) is 32.0 Å². The minimum Gasteiger partial charge on any atom is -0.396 e. The van der Waals surface area contributed by atoms with E-state index in [1.54, 1.807) is 7.05 Å². The van der Waals surface area contributed by atoms with Crippen molar-refractivity contribution in [3.63, 3.8) is 0 Å². The molecule has 0 spiro atoms. The van der Waals surface area contributed by atoms with Crippen molar-refractivity contribution in [1.82, 2.24) is 9.80 Å². The van der Waals surface area contributed by atoms with Gasteiger partial charge in [0.05, 0.1) is 13.1 Å². The van der Waals surface area contributed by atoms with Gasteiger partial charge in [0.1, 0.15) is 0 Å². The van der Waals surface area contributed by atoms with Gasteiger partial charge in [0.15, 0.2) is 0 Å². The molecule has 1 atom stereocenters. The summed E-state index contributed by atoms with van der Waals surface area (Å²) in [5.74, 6) is -0.0226. The van der Waals surface area contributed by atoms with Crippen LogP contribution in [-0.2, 0) is 9.59 Å². The van der Waals surface area contributed by atoms with Gasteiger partial charge in [-0.2, -0.15) is 0 Å². The van der Waals surface area contributed by atoms with Crippen LogP contribution >= 0.6 is 0 Å². The van der Waals surface area contributed by atoms with Gasteiger partial charge in [0.25, 0.3) is 0 Å². The highest BCUT2D eigenvalue weighted by Crippen LogP contribution is 2.17. The van der Waals surface area contributed by atoms with E-state index < -0.39 is 0 Å². The molecule has 0 bridgehead atoms. The summed E-state index contributed by atoms with van der Waals surface area (Å²) in [6.07, 6.45) is 2.00. The Morgan fingerprint density at radius 3 is 2.84 bits per heavy atom. The van der Waals surface area contributed by atoms with Crippen LogP contribution in [0.25, 0.3) is 0 Å². The molecule has 1 fully saturated rings. The second-order valence-electron chi connectivity index (χ2n) is 7.04. The third-order valence-electron chi connectivity index (χ3n) is 4.69. The number of likely N-dealkylation sites (tertiary alicyclic amines) is 1. The van der Waals surface area contributed by atoms with E-state index >= 15 is 0 Å². The molecule has 1 heterocycles. The average Bonchev–Trinajstić information content (AvgIpc) is 2.58. The molecular weight excluding hydrogens is 318 g/mol. The summed E-state index contributed by atoms with van der Waals surface area (Å²) in [6, 6.07) is 5.89. The Kier molecular flexibility index (Phi) is 6.96. The number of anilines is 1. The van der Waals surface area contributed by atoms with Gasteiger partial charge in [-0.15, -0.1) is 0 Å². The highest BCUT2D eigenvalue weighted by atomic mass is 16.3. The number of hydrogen-bond donors (Lipinski definition) is 2. The summed E-state index contributed by atoms with van der Waals surface area (Å²) in [5, 5.41) is 12.2. The number of aliphatic hydroxyl groups excluding tert-OH is 1. The van der Waals surface area contributed by atoms with Crippen LogP contribution in [0.15, 0.2) is 18.2 Å². The van der Waals surface area contributed by atoms with Gasteiger partial charge in [-0.25, -0.2) is 0 Å². The van der Waals surface area contributed by atoms with Gasteiger partial charge in [0, 0.05) is 25.9 Å². The lowest BCUT2D eigenvalue weighted by Gasteiger charge is -2.32. The summed E-state index contributed by atoms with van der Waals surface area (Å²) in [5.41, 5.74) is 2.86. The number of aryl methyl sites for hydroxylation is 2. The lowest BCUT2D eigenvalue weighted by atomic mass is 9.99. The standard InChI is InChI=1S/C19H29N3O3/c1-14-6-7-15(2)17(9-14)20-18(24)11-21(3)19(25)12-22-8-4-5-16(10-22)13-23/h6-7,9,16,23H,4-5,8,10-13H2,1-3H3,(H,20,24)/t16-/m1/s1. The van der Waals surface area contributed by atoms with Crippen LogP contribution in [0, 0.1) is 19.8 Å². The van der Waals surface area contributed by atoms with Crippen LogP contribution < -0.4 is 5.32 Å². The molecule has 1 aliphatic heterocycles. The lowest BCUT2D eigenvalue weighted by Crippen LogP contribution is -2.45. The van der Waals surface area contributed by atoms with Crippen molar-refractivity contribution in [2.45, 2.75) is 26.7 Å². The predicted octanol–water partition coefficient (Wildman–Crippen LogP) is 1.40. The van der Waals surface area contributed by atoms with Crippen LogP contribution in [-0.4, -0.2) is 66.6 Å². The first-order valence-corrected chi connectivity index (χ1v) is 8.83. The number of rotatable bonds is 6. The van der Waals surface area contributed by atoms with Crippen molar-refractivity contribution in [2.75, 3.05) is 45.2 Å². The van der Waals surface area contributed by atoms with E-state index in [2.05, 4.69) is 10.2 Å². The van der Waals surface area contributed by atoms with E-state index in [0.717, 1.165) is 42.7 Å². The molecule has 0 aromatic heterocycles. The molecule has 1 aliphatic rings. The number of nitrogens with one attached hydrogen (secondary N) is 1. The highest BCUT2D eigenvalue weighted by Gasteiger charge is 2.23. The van der Waals surface area contributed by atoms with Gasteiger partial charge < -0.3 is 15.3 Å². The molecule has 1 aromatic carbocycles. The first kappa shape index (κ1) is 19.4. The van der Waals surface area contributed by atoms with Crippen molar-refractivity contribution in [2.24, 2.45) is 5.92 Å². The fourth-order valence-corrected chi connectivity index (χ4v) is 3.12. The van der Waals surface area contributed by atoms with E-state index in [0.29, 0.717) is 6.54 Å². The summed E-state index contributed by atoms with van der Waals surface area (Å²) < 4.78 is 0. The lowest BCUT2D eigenvalue weighted by molar-refractivity contribution is -0.134. The summed E-state index contributed by atoms with van der Waals surface area (Å²) in [4.78, 5) is 28.1. The zero-order valence-electron chi connectivity index (χ0n) is 15.4. The van der Waals surface area contributed by atoms with Crippen molar-refractivity contribution in [1.29, 1.82) is 0 Å². The van der Waals surface area contributed by atoms with Crippen molar-refractivity contribution in [3.05, 3.63) is 29.3 Å². The van der Waals surface area contributed by atoms with Crippen LogP contribution in [0.2, 0.25) is 0 Å². The third-order valence-corrected chi connectivity index (χ3v) is 4.69.